The summed E-state index contributed by atoms with van der Waals surface area (Å²) in [5.74, 6) is -0.261. The smallest absolute Gasteiger partial charge is 0.365 e. The molecule has 0 aliphatic carbocycles. The van der Waals surface area contributed by atoms with Crippen LogP contribution in [0.25, 0.3) is 0 Å². The second-order valence-electron chi connectivity index (χ2n) is 4.57. The van der Waals surface area contributed by atoms with Crippen LogP contribution in [0.1, 0.15) is 34.2 Å². The molecule has 1 aromatic heterocycles. The molecule has 1 aromatic rings. The van der Waals surface area contributed by atoms with Crippen LogP contribution in [-0.4, -0.2) is 34.0 Å². The molecule has 1 aliphatic rings. The summed E-state index contributed by atoms with van der Waals surface area (Å²) in [6.45, 7) is 7.32. The molecule has 0 aromatic carbocycles. The molecule has 0 atom stereocenters. The molecule has 5 heteroatoms. The average molecular weight is 240 g/mol. The minimum atomic E-state index is -0.908. The molecule has 0 bridgehead atoms. The number of carboxylic acid groups (broad SMARTS) is 1. The van der Waals surface area contributed by atoms with Gasteiger partial charge >= 0.3 is 5.97 Å². The molecule has 0 saturated carbocycles. The third-order valence-corrected chi connectivity index (χ3v) is 3.69. The molecule has 2 heterocycles. The van der Waals surface area contributed by atoms with E-state index >= 15 is 0 Å². The van der Waals surface area contributed by atoms with Crippen molar-refractivity contribution < 1.29 is 9.90 Å². The first-order chi connectivity index (χ1) is 7.56. The Morgan fingerprint density at radius 1 is 1.62 bits per heavy atom. The molecule has 0 amide bonds. The van der Waals surface area contributed by atoms with Crippen LogP contribution >= 0.6 is 11.3 Å². The summed E-state index contributed by atoms with van der Waals surface area (Å²) in [7, 11) is 0. The first-order valence-electron chi connectivity index (χ1n) is 5.50. The summed E-state index contributed by atoms with van der Waals surface area (Å²) in [5, 5.41) is 9.11. The fourth-order valence-corrected chi connectivity index (χ4v) is 3.00. The predicted molar refractivity (Wildman–Crippen MR) is 62.9 cm³/mol. The highest BCUT2D eigenvalue weighted by Gasteiger charge is 2.22. The van der Waals surface area contributed by atoms with E-state index in [0.717, 1.165) is 36.6 Å². The van der Waals surface area contributed by atoms with Gasteiger partial charge in [0.2, 0.25) is 5.01 Å². The fraction of sp³-hybridized carbons (Fsp3) is 0.636. The van der Waals surface area contributed by atoms with Gasteiger partial charge in [-0.25, -0.2) is 9.78 Å². The number of aromatic nitrogens is 1. The highest BCUT2D eigenvalue weighted by Crippen LogP contribution is 2.25. The molecule has 88 valence electrons. The molecular formula is C11H16N2O2S. The first-order valence-corrected chi connectivity index (χ1v) is 6.32. The Kier molecular flexibility index (Phi) is 3.25. The van der Waals surface area contributed by atoms with Crippen molar-refractivity contribution in [2.45, 2.75) is 26.8 Å². The van der Waals surface area contributed by atoms with Gasteiger partial charge in [0.1, 0.15) is 0 Å². The number of hydrogen-bond donors (Lipinski definition) is 1. The molecule has 2 rings (SSSR count). The molecular weight excluding hydrogens is 224 g/mol. The molecule has 0 radical (unpaired) electrons. The third-order valence-electron chi connectivity index (χ3n) is 2.62. The van der Waals surface area contributed by atoms with E-state index in [2.05, 4.69) is 23.7 Å². The number of rotatable bonds is 3. The molecule has 1 aliphatic heterocycles. The lowest BCUT2D eigenvalue weighted by molar-refractivity contribution is 0.0696. The summed E-state index contributed by atoms with van der Waals surface area (Å²) in [6.07, 6.45) is 0.881. The number of thiazole rings is 1. The Bertz CT molecular complexity index is 401. The third kappa shape index (κ3) is 2.41. The van der Waals surface area contributed by atoms with Crippen LogP contribution in [0.3, 0.4) is 0 Å². The van der Waals surface area contributed by atoms with E-state index < -0.39 is 5.97 Å². The van der Waals surface area contributed by atoms with Crippen molar-refractivity contribution in [3.8, 4) is 0 Å². The van der Waals surface area contributed by atoms with E-state index in [1.807, 2.05) is 0 Å². The summed E-state index contributed by atoms with van der Waals surface area (Å²) >= 11 is 1.32. The van der Waals surface area contributed by atoms with Crippen molar-refractivity contribution in [1.29, 1.82) is 0 Å². The fourth-order valence-electron chi connectivity index (χ4n) is 2.01. The van der Waals surface area contributed by atoms with Crippen LogP contribution in [0.4, 0.5) is 0 Å². The van der Waals surface area contributed by atoms with E-state index in [1.54, 1.807) is 0 Å². The van der Waals surface area contributed by atoms with Gasteiger partial charge in [0.25, 0.3) is 0 Å². The van der Waals surface area contributed by atoms with Crippen molar-refractivity contribution >= 4 is 17.3 Å². The van der Waals surface area contributed by atoms with Crippen molar-refractivity contribution in [1.82, 2.24) is 9.88 Å². The Balaban J connectivity index is 2.11. The maximum Gasteiger partial charge on any atom is 0.365 e. The van der Waals surface area contributed by atoms with Gasteiger partial charge in [-0.05, 0) is 5.92 Å². The Labute approximate surface area is 98.9 Å². The van der Waals surface area contributed by atoms with Gasteiger partial charge in [0.05, 0.1) is 5.69 Å². The molecule has 4 nitrogen and oxygen atoms in total. The van der Waals surface area contributed by atoms with Gasteiger partial charge in [0.15, 0.2) is 0 Å². The summed E-state index contributed by atoms with van der Waals surface area (Å²) in [4.78, 5) is 18.5. The number of fused-ring (bicyclic) bond motifs is 1. The van der Waals surface area contributed by atoms with Gasteiger partial charge in [-0.15, -0.1) is 11.3 Å². The highest BCUT2D eigenvalue weighted by molar-refractivity contribution is 7.13. The zero-order valence-electron chi connectivity index (χ0n) is 9.56. The summed E-state index contributed by atoms with van der Waals surface area (Å²) in [5.41, 5.74) is 0.988. The van der Waals surface area contributed by atoms with Crippen LogP contribution in [-0.2, 0) is 13.0 Å². The normalized spacial score (nSPS) is 16.4. The Morgan fingerprint density at radius 3 is 3.00 bits per heavy atom. The van der Waals surface area contributed by atoms with Gasteiger partial charge in [0, 0.05) is 30.9 Å². The average Bonchev–Trinajstić information content (AvgIpc) is 2.59. The summed E-state index contributed by atoms with van der Waals surface area (Å²) < 4.78 is 0. The molecule has 0 unspecified atom stereocenters. The van der Waals surface area contributed by atoms with Crippen molar-refractivity contribution in [2.75, 3.05) is 13.1 Å². The highest BCUT2D eigenvalue weighted by atomic mass is 32.1. The van der Waals surface area contributed by atoms with Gasteiger partial charge in [-0.3, -0.25) is 4.90 Å². The van der Waals surface area contributed by atoms with Crippen LogP contribution in [0.15, 0.2) is 0 Å². The quantitative estimate of drug-likeness (QED) is 0.876. The van der Waals surface area contributed by atoms with E-state index in [0.29, 0.717) is 5.92 Å². The van der Waals surface area contributed by atoms with E-state index in [-0.39, 0.29) is 5.01 Å². The number of hydrogen-bond acceptors (Lipinski definition) is 4. The molecule has 1 N–H and O–H groups in total. The zero-order valence-corrected chi connectivity index (χ0v) is 10.4. The van der Waals surface area contributed by atoms with Crippen molar-refractivity contribution in [2.24, 2.45) is 5.92 Å². The second kappa shape index (κ2) is 4.51. The number of nitrogens with zero attached hydrogens (tertiary/aromatic N) is 2. The number of carbonyl (C=O) groups is 1. The minimum Gasteiger partial charge on any atom is -0.476 e. The lowest BCUT2D eigenvalue weighted by Gasteiger charge is -2.27. The Hall–Kier alpha value is -0.940. The molecule has 16 heavy (non-hydrogen) atoms. The van der Waals surface area contributed by atoms with Gasteiger partial charge in [-0.2, -0.15) is 0 Å². The topological polar surface area (TPSA) is 53.4 Å². The van der Waals surface area contributed by atoms with Crippen LogP contribution in [0.2, 0.25) is 0 Å². The maximum absolute atomic E-state index is 10.8. The van der Waals surface area contributed by atoms with E-state index in [9.17, 15) is 4.79 Å². The first kappa shape index (κ1) is 11.5. The lowest BCUT2D eigenvalue weighted by atomic mass is 10.1. The zero-order chi connectivity index (χ0) is 11.7. The minimum absolute atomic E-state index is 0.233. The van der Waals surface area contributed by atoms with Gasteiger partial charge < -0.3 is 5.11 Å². The maximum atomic E-state index is 10.8. The summed E-state index contributed by atoms with van der Waals surface area (Å²) in [6, 6.07) is 0. The largest absolute Gasteiger partial charge is 0.476 e. The lowest BCUT2D eigenvalue weighted by Crippen LogP contribution is -2.32. The van der Waals surface area contributed by atoms with Crippen LogP contribution < -0.4 is 0 Å². The van der Waals surface area contributed by atoms with E-state index in [4.69, 9.17) is 5.11 Å². The van der Waals surface area contributed by atoms with Crippen LogP contribution in [0, 0.1) is 5.92 Å². The van der Waals surface area contributed by atoms with Crippen molar-refractivity contribution in [3.63, 3.8) is 0 Å². The number of carboxylic acids is 1. The SMILES string of the molecule is CC(C)CN1CCc2nc(C(=O)O)sc2C1. The van der Waals surface area contributed by atoms with Crippen LogP contribution in [0.5, 0.6) is 0 Å². The molecule has 0 fully saturated rings. The van der Waals surface area contributed by atoms with E-state index in [1.165, 1.54) is 11.3 Å². The predicted octanol–water partition coefficient (Wildman–Crippen LogP) is 1.86. The second-order valence-corrected chi connectivity index (χ2v) is 5.66. The van der Waals surface area contributed by atoms with Crippen molar-refractivity contribution in [3.05, 3.63) is 15.6 Å². The molecule has 0 spiro atoms. The molecule has 0 saturated heterocycles. The standard InChI is InChI=1S/C11H16N2O2S/c1-7(2)5-13-4-3-8-9(6-13)16-10(12-8)11(14)15/h7H,3-6H2,1-2H3,(H,14,15). The monoisotopic (exact) mass is 240 g/mol. The number of aromatic carboxylic acids is 1. The van der Waals surface area contributed by atoms with Gasteiger partial charge in [-0.1, -0.05) is 13.8 Å². The Morgan fingerprint density at radius 2 is 2.38 bits per heavy atom.